The van der Waals surface area contributed by atoms with Crippen LogP contribution in [0.2, 0.25) is 10.0 Å². The molecule has 2 rings (SSSR count). The van der Waals surface area contributed by atoms with Crippen LogP contribution in [0, 0.1) is 6.92 Å². The van der Waals surface area contributed by atoms with Gasteiger partial charge in [0.2, 0.25) is 11.8 Å². The van der Waals surface area contributed by atoms with Crippen LogP contribution < -0.4 is 5.32 Å². The van der Waals surface area contributed by atoms with Crippen LogP contribution in [-0.4, -0.2) is 35.6 Å². The smallest absolute Gasteiger partial charge is 0.242 e. The Bertz CT molecular complexity index is 812. The van der Waals surface area contributed by atoms with Crippen molar-refractivity contribution in [1.82, 2.24) is 10.2 Å². The molecule has 1 unspecified atom stereocenters. The summed E-state index contributed by atoms with van der Waals surface area (Å²) in [5.41, 5.74) is 1.98. The second-order valence-corrected chi connectivity index (χ2v) is 8.03. The molecule has 2 aromatic carbocycles. The van der Waals surface area contributed by atoms with Crippen molar-refractivity contribution >= 4 is 46.8 Å². The number of hydrogen-bond acceptors (Lipinski definition) is 3. The van der Waals surface area contributed by atoms with Crippen LogP contribution in [-0.2, 0) is 16.1 Å². The Morgan fingerprint density at radius 3 is 2.37 bits per heavy atom. The maximum Gasteiger partial charge on any atom is 0.242 e. The topological polar surface area (TPSA) is 49.4 Å². The first-order chi connectivity index (χ1) is 12.8. The molecule has 0 saturated heterocycles. The van der Waals surface area contributed by atoms with Gasteiger partial charge in [-0.25, -0.2) is 0 Å². The average molecular weight is 425 g/mol. The van der Waals surface area contributed by atoms with Crippen molar-refractivity contribution in [2.45, 2.75) is 31.3 Å². The molecule has 2 amide bonds. The van der Waals surface area contributed by atoms with Crippen LogP contribution in [0.4, 0.5) is 0 Å². The van der Waals surface area contributed by atoms with Crippen molar-refractivity contribution < 1.29 is 9.59 Å². The summed E-state index contributed by atoms with van der Waals surface area (Å²) >= 11 is 13.5. The standard InChI is InChI=1S/C20H22Cl2N2O2S/c1-13-4-7-16(8-5-13)27-12-19(25)24(14(2)20(26)23-3)11-15-6-9-17(21)18(22)10-15/h4-10,14H,11-12H2,1-3H3,(H,23,26). The lowest BCUT2D eigenvalue weighted by Gasteiger charge is -2.28. The van der Waals surface area contributed by atoms with E-state index in [4.69, 9.17) is 23.2 Å². The number of carbonyl (C=O) groups excluding carboxylic acids is 2. The average Bonchev–Trinajstić information content (AvgIpc) is 2.67. The summed E-state index contributed by atoms with van der Waals surface area (Å²) in [6.45, 7) is 4.01. The third kappa shape index (κ3) is 6.16. The van der Waals surface area contributed by atoms with Gasteiger partial charge >= 0.3 is 0 Å². The van der Waals surface area contributed by atoms with E-state index in [0.717, 1.165) is 10.5 Å². The minimum absolute atomic E-state index is 0.122. The molecule has 0 aliphatic heterocycles. The second kappa shape index (κ2) is 10.0. The zero-order valence-corrected chi connectivity index (χ0v) is 17.8. The number of rotatable bonds is 7. The number of amides is 2. The highest BCUT2D eigenvalue weighted by Crippen LogP contribution is 2.24. The molecule has 4 nitrogen and oxygen atoms in total. The predicted octanol–water partition coefficient (Wildman–Crippen LogP) is 4.56. The Morgan fingerprint density at radius 1 is 1.11 bits per heavy atom. The van der Waals surface area contributed by atoms with Crippen molar-refractivity contribution in [2.24, 2.45) is 0 Å². The number of carbonyl (C=O) groups is 2. The fraction of sp³-hybridized carbons (Fsp3) is 0.300. The molecular weight excluding hydrogens is 403 g/mol. The molecule has 0 aliphatic carbocycles. The molecule has 1 atom stereocenters. The number of halogens is 2. The summed E-state index contributed by atoms with van der Waals surface area (Å²) in [5.74, 6) is -0.0994. The number of aryl methyl sites for hydroxylation is 1. The Kier molecular flexibility index (Phi) is 8.02. The molecule has 7 heteroatoms. The molecule has 0 saturated carbocycles. The van der Waals surface area contributed by atoms with Gasteiger partial charge in [0, 0.05) is 18.5 Å². The van der Waals surface area contributed by atoms with E-state index in [1.54, 1.807) is 37.1 Å². The van der Waals surface area contributed by atoms with Gasteiger partial charge in [-0.1, -0.05) is 47.0 Å². The summed E-state index contributed by atoms with van der Waals surface area (Å²) in [7, 11) is 1.56. The van der Waals surface area contributed by atoms with Crippen molar-refractivity contribution in [2.75, 3.05) is 12.8 Å². The SMILES string of the molecule is CNC(=O)C(C)N(Cc1ccc(Cl)c(Cl)c1)C(=O)CSc1ccc(C)cc1. The predicted molar refractivity (Wildman–Crippen MR) is 112 cm³/mol. The minimum atomic E-state index is -0.601. The molecule has 1 N–H and O–H groups in total. The van der Waals surface area contributed by atoms with E-state index in [1.165, 1.54) is 17.3 Å². The van der Waals surface area contributed by atoms with Crippen LogP contribution in [0.15, 0.2) is 47.4 Å². The lowest BCUT2D eigenvalue weighted by molar-refractivity contribution is -0.138. The summed E-state index contributed by atoms with van der Waals surface area (Å²) in [4.78, 5) is 27.6. The number of benzene rings is 2. The highest BCUT2D eigenvalue weighted by atomic mass is 35.5. The van der Waals surface area contributed by atoms with Crippen LogP contribution in [0.25, 0.3) is 0 Å². The first-order valence-electron chi connectivity index (χ1n) is 8.46. The maximum absolute atomic E-state index is 12.9. The number of hydrogen-bond donors (Lipinski definition) is 1. The Hall–Kier alpha value is -1.69. The summed E-state index contributed by atoms with van der Waals surface area (Å²) in [5, 5.41) is 3.47. The van der Waals surface area contributed by atoms with Gasteiger partial charge in [-0.15, -0.1) is 11.8 Å². The van der Waals surface area contributed by atoms with Crippen LogP contribution in [0.3, 0.4) is 0 Å². The second-order valence-electron chi connectivity index (χ2n) is 6.16. The summed E-state index contributed by atoms with van der Waals surface area (Å²) < 4.78 is 0. The molecule has 144 valence electrons. The monoisotopic (exact) mass is 424 g/mol. The summed E-state index contributed by atoms with van der Waals surface area (Å²) in [6, 6.07) is 12.6. The van der Waals surface area contributed by atoms with E-state index >= 15 is 0 Å². The van der Waals surface area contributed by atoms with E-state index in [9.17, 15) is 9.59 Å². The zero-order valence-electron chi connectivity index (χ0n) is 15.5. The van der Waals surface area contributed by atoms with E-state index in [0.29, 0.717) is 10.0 Å². The van der Waals surface area contributed by atoms with Gasteiger partial charge in [-0.2, -0.15) is 0 Å². The Morgan fingerprint density at radius 2 is 1.78 bits per heavy atom. The van der Waals surface area contributed by atoms with E-state index in [2.05, 4.69) is 5.32 Å². The number of thioether (sulfide) groups is 1. The molecule has 0 aliphatic rings. The lowest BCUT2D eigenvalue weighted by atomic mass is 10.1. The zero-order chi connectivity index (χ0) is 20.0. The van der Waals surface area contributed by atoms with Crippen molar-refractivity contribution in [3.8, 4) is 0 Å². The van der Waals surface area contributed by atoms with Gasteiger partial charge in [0.15, 0.2) is 0 Å². The van der Waals surface area contributed by atoms with Gasteiger partial charge < -0.3 is 10.2 Å². The molecule has 0 bridgehead atoms. The van der Waals surface area contributed by atoms with Crippen LogP contribution in [0.5, 0.6) is 0 Å². The van der Waals surface area contributed by atoms with Crippen molar-refractivity contribution in [3.05, 3.63) is 63.6 Å². The van der Waals surface area contributed by atoms with Crippen molar-refractivity contribution in [3.63, 3.8) is 0 Å². The quantitative estimate of drug-likeness (QED) is 0.662. The molecule has 0 spiro atoms. The minimum Gasteiger partial charge on any atom is -0.357 e. The molecule has 27 heavy (non-hydrogen) atoms. The molecule has 0 fully saturated rings. The van der Waals surface area contributed by atoms with Gasteiger partial charge in [0.25, 0.3) is 0 Å². The Labute approximate surface area is 174 Å². The highest BCUT2D eigenvalue weighted by Gasteiger charge is 2.25. The van der Waals surface area contributed by atoms with Crippen molar-refractivity contribution in [1.29, 1.82) is 0 Å². The molecule has 0 heterocycles. The van der Waals surface area contributed by atoms with Gasteiger partial charge in [0.1, 0.15) is 6.04 Å². The largest absolute Gasteiger partial charge is 0.357 e. The Balaban J connectivity index is 2.14. The van der Waals surface area contributed by atoms with Gasteiger partial charge in [-0.3, -0.25) is 9.59 Å². The van der Waals surface area contributed by atoms with E-state index in [-0.39, 0.29) is 24.1 Å². The fourth-order valence-electron chi connectivity index (χ4n) is 2.49. The first kappa shape index (κ1) is 21.6. The molecule has 0 aromatic heterocycles. The maximum atomic E-state index is 12.9. The number of likely N-dealkylation sites (N-methyl/N-ethyl adjacent to an activating group) is 1. The third-order valence-electron chi connectivity index (χ3n) is 4.13. The lowest BCUT2D eigenvalue weighted by Crippen LogP contribution is -2.47. The van der Waals surface area contributed by atoms with Crippen LogP contribution in [0.1, 0.15) is 18.1 Å². The number of nitrogens with one attached hydrogen (secondary N) is 1. The van der Waals surface area contributed by atoms with Gasteiger partial charge in [-0.05, 0) is 43.7 Å². The molecule has 0 radical (unpaired) electrons. The van der Waals surface area contributed by atoms with Gasteiger partial charge in [0.05, 0.1) is 15.8 Å². The first-order valence-corrected chi connectivity index (χ1v) is 10.2. The van der Waals surface area contributed by atoms with E-state index < -0.39 is 6.04 Å². The van der Waals surface area contributed by atoms with Crippen LogP contribution >= 0.6 is 35.0 Å². The van der Waals surface area contributed by atoms with E-state index in [1.807, 2.05) is 31.2 Å². The highest BCUT2D eigenvalue weighted by molar-refractivity contribution is 8.00. The fourth-order valence-corrected chi connectivity index (χ4v) is 3.59. The normalized spacial score (nSPS) is 11.7. The molecular formula is C20H22Cl2N2O2S. The molecule has 2 aromatic rings. The summed E-state index contributed by atoms with van der Waals surface area (Å²) in [6.07, 6.45) is 0. The third-order valence-corrected chi connectivity index (χ3v) is 5.87. The number of nitrogens with zero attached hydrogens (tertiary/aromatic N) is 1.